The van der Waals surface area contributed by atoms with E-state index in [9.17, 15) is 18.7 Å². The Morgan fingerprint density at radius 3 is 2.48 bits per heavy atom. The van der Waals surface area contributed by atoms with Crippen molar-refractivity contribution in [2.75, 3.05) is 6.61 Å². The maximum Gasteiger partial charge on any atom is 0.315 e. The molecule has 1 atom stereocenters. The highest BCUT2D eigenvalue weighted by atomic mass is 19.1. The number of hydrogen-bond donors (Lipinski definition) is 3. The molecule has 0 bridgehead atoms. The fraction of sp³-hybridized carbons (Fsp3) is 0.588. The molecule has 2 rings (SSSR count). The van der Waals surface area contributed by atoms with Crippen molar-refractivity contribution in [3.63, 3.8) is 0 Å². The molecule has 3 N–H and O–H groups in total. The van der Waals surface area contributed by atoms with Gasteiger partial charge in [-0.05, 0) is 25.8 Å². The first-order chi connectivity index (χ1) is 11.0. The van der Waals surface area contributed by atoms with Gasteiger partial charge in [-0.2, -0.15) is 0 Å². The van der Waals surface area contributed by atoms with Gasteiger partial charge in [0.15, 0.2) is 0 Å². The van der Waals surface area contributed by atoms with Gasteiger partial charge >= 0.3 is 6.03 Å². The Morgan fingerprint density at radius 2 is 1.91 bits per heavy atom. The van der Waals surface area contributed by atoms with Crippen LogP contribution in [0, 0.1) is 11.6 Å². The summed E-state index contributed by atoms with van der Waals surface area (Å²) in [5, 5.41) is 15.2. The normalized spacial score (nSPS) is 18.8. The highest BCUT2D eigenvalue weighted by Gasteiger charge is 2.32. The van der Waals surface area contributed by atoms with E-state index < -0.39 is 29.2 Å². The molecule has 23 heavy (non-hydrogen) atoms. The first kappa shape index (κ1) is 17.7. The van der Waals surface area contributed by atoms with Crippen molar-refractivity contribution in [3.05, 3.63) is 35.4 Å². The van der Waals surface area contributed by atoms with E-state index in [4.69, 9.17) is 0 Å². The lowest BCUT2D eigenvalue weighted by atomic mass is 9.91. The summed E-state index contributed by atoms with van der Waals surface area (Å²) in [6.07, 6.45) is 5.59. The number of benzene rings is 1. The van der Waals surface area contributed by atoms with E-state index in [1.807, 2.05) is 0 Å². The lowest BCUT2D eigenvalue weighted by molar-refractivity contribution is 0.145. The average Bonchev–Trinajstić information content (AvgIpc) is 2.73. The van der Waals surface area contributed by atoms with Crippen LogP contribution in [0.4, 0.5) is 13.6 Å². The molecule has 0 spiro atoms. The van der Waals surface area contributed by atoms with Crippen molar-refractivity contribution >= 4 is 6.03 Å². The molecule has 1 unspecified atom stereocenters. The second-order valence-electron chi connectivity index (χ2n) is 6.34. The highest BCUT2D eigenvalue weighted by Crippen LogP contribution is 2.27. The number of halogens is 2. The van der Waals surface area contributed by atoms with Gasteiger partial charge in [-0.3, -0.25) is 0 Å². The van der Waals surface area contributed by atoms with Crippen LogP contribution < -0.4 is 10.6 Å². The zero-order valence-electron chi connectivity index (χ0n) is 13.4. The van der Waals surface area contributed by atoms with Gasteiger partial charge in [-0.1, -0.05) is 31.7 Å². The standard InChI is InChI=1S/C17H24F2N2O2/c1-12(14-7-6-13(18)10-15(14)19)20-16(23)21-17(11-22)8-4-2-3-5-9-17/h6-7,10,12,22H,2-5,8-9,11H2,1H3,(H2,20,21,23). The number of carbonyl (C=O) groups excluding carboxylic acids is 1. The number of carbonyl (C=O) groups is 1. The molecule has 1 saturated carbocycles. The molecular formula is C17H24F2N2O2. The van der Waals surface area contributed by atoms with E-state index in [1.165, 1.54) is 6.07 Å². The molecule has 2 amide bonds. The lowest BCUT2D eigenvalue weighted by Gasteiger charge is -2.32. The number of urea groups is 1. The fourth-order valence-corrected chi connectivity index (χ4v) is 3.13. The van der Waals surface area contributed by atoms with Crippen molar-refractivity contribution in [1.82, 2.24) is 10.6 Å². The number of hydrogen-bond acceptors (Lipinski definition) is 2. The molecule has 1 aromatic rings. The van der Waals surface area contributed by atoms with Crippen LogP contribution in [0.15, 0.2) is 18.2 Å². The van der Waals surface area contributed by atoms with Crippen LogP contribution in [0.2, 0.25) is 0 Å². The SMILES string of the molecule is CC(NC(=O)NC1(CO)CCCCCC1)c1ccc(F)cc1F. The molecule has 1 aliphatic carbocycles. The molecule has 1 fully saturated rings. The quantitative estimate of drug-likeness (QED) is 0.743. The van der Waals surface area contributed by atoms with Gasteiger partial charge in [0.25, 0.3) is 0 Å². The largest absolute Gasteiger partial charge is 0.394 e. The molecular weight excluding hydrogens is 302 g/mol. The minimum atomic E-state index is -0.691. The lowest BCUT2D eigenvalue weighted by Crippen LogP contribution is -2.54. The summed E-state index contributed by atoms with van der Waals surface area (Å²) in [6.45, 7) is 1.52. The Kier molecular flexibility index (Phi) is 5.93. The fourth-order valence-electron chi connectivity index (χ4n) is 3.13. The van der Waals surface area contributed by atoms with Gasteiger partial charge in [0.05, 0.1) is 18.2 Å². The van der Waals surface area contributed by atoms with Gasteiger partial charge in [0, 0.05) is 11.6 Å². The summed E-state index contributed by atoms with van der Waals surface area (Å²) in [5.41, 5.74) is -0.387. The molecule has 0 heterocycles. The van der Waals surface area contributed by atoms with E-state index in [-0.39, 0.29) is 12.2 Å². The van der Waals surface area contributed by atoms with Gasteiger partial charge in [-0.15, -0.1) is 0 Å². The summed E-state index contributed by atoms with van der Waals surface area (Å²) < 4.78 is 26.7. The predicted molar refractivity (Wildman–Crippen MR) is 84.0 cm³/mol. The van der Waals surface area contributed by atoms with Crippen LogP contribution >= 0.6 is 0 Å². The van der Waals surface area contributed by atoms with E-state index in [0.717, 1.165) is 50.7 Å². The van der Waals surface area contributed by atoms with Crippen LogP contribution in [0.25, 0.3) is 0 Å². The zero-order valence-corrected chi connectivity index (χ0v) is 13.4. The Bertz CT molecular complexity index is 543. The molecule has 128 valence electrons. The number of nitrogens with one attached hydrogen (secondary N) is 2. The Morgan fingerprint density at radius 1 is 1.26 bits per heavy atom. The first-order valence-corrected chi connectivity index (χ1v) is 8.10. The third kappa shape index (κ3) is 4.64. The average molecular weight is 326 g/mol. The van der Waals surface area contributed by atoms with Crippen molar-refractivity contribution in [2.45, 2.75) is 57.0 Å². The number of rotatable bonds is 4. The number of aliphatic hydroxyl groups is 1. The van der Waals surface area contributed by atoms with Gasteiger partial charge in [-0.25, -0.2) is 13.6 Å². The van der Waals surface area contributed by atoms with E-state index in [2.05, 4.69) is 10.6 Å². The van der Waals surface area contributed by atoms with Crippen molar-refractivity contribution < 1.29 is 18.7 Å². The topological polar surface area (TPSA) is 61.4 Å². The zero-order chi connectivity index (χ0) is 16.9. The van der Waals surface area contributed by atoms with E-state index in [1.54, 1.807) is 6.92 Å². The molecule has 6 heteroatoms. The predicted octanol–water partition coefficient (Wildman–Crippen LogP) is 3.41. The van der Waals surface area contributed by atoms with Crippen molar-refractivity contribution in [3.8, 4) is 0 Å². The Balaban J connectivity index is 2.00. The summed E-state index contributed by atoms with van der Waals surface area (Å²) >= 11 is 0. The summed E-state index contributed by atoms with van der Waals surface area (Å²) in [5.74, 6) is -1.34. The minimum absolute atomic E-state index is 0.111. The van der Waals surface area contributed by atoms with Crippen LogP contribution in [0.5, 0.6) is 0 Å². The van der Waals surface area contributed by atoms with Crippen LogP contribution in [0.3, 0.4) is 0 Å². The van der Waals surface area contributed by atoms with Crippen LogP contribution in [-0.2, 0) is 0 Å². The molecule has 0 aromatic heterocycles. The highest BCUT2D eigenvalue weighted by molar-refractivity contribution is 5.75. The Labute approximate surface area is 135 Å². The molecule has 1 aromatic carbocycles. The molecule has 4 nitrogen and oxygen atoms in total. The van der Waals surface area contributed by atoms with E-state index in [0.29, 0.717) is 0 Å². The van der Waals surface area contributed by atoms with Gasteiger partial charge in [0.2, 0.25) is 0 Å². The van der Waals surface area contributed by atoms with Gasteiger partial charge in [0.1, 0.15) is 11.6 Å². The summed E-state index contributed by atoms with van der Waals surface area (Å²) in [6, 6.07) is 2.23. The maximum atomic E-state index is 13.8. The third-order valence-corrected chi connectivity index (χ3v) is 4.52. The minimum Gasteiger partial charge on any atom is -0.394 e. The third-order valence-electron chi connectivity index (χ3n) is 4.52. The molecule has 0 saturated heterocycles. The number of amides is 2. The first-order valence-electron chi connectivity index (χ1n) is 8.10. The maximum absolute atomic E-state index is 13.8. The second kappa shape index (κ2) is 7.73. The van der Waals surface area contributed by atoms with Gasteiger partial charge < -0.3 is 15.7 Å². The smallest absolute Gasteiger partial charge is 0.315 e. The van der Waals surface area contributed by atoms with Crippen LogP contribution in [-0.4, -0.2) is 23.3 Å². The molecule has 1 aliphatic rings. The monoisotopic (exact) mass is 326 g/mol. The van der Waals surface area contributed by atoms with E-state index >= 15 is 0 Å². The van der Waals surface area contributed by atoms with Crippen LogP contribution in [0.1, 0.15) is 57.1 Å². The number of aliphatic hydroxyl groups excluding tert-OH is 1. The van der Waals surface area contributed by atoms with Crippen molar-refractivity contribution in [1.29, 1.82) is 0 Å². The summed E-state index contributed by atoms with van der Waals surface area (Å²) in [4.78, 5) is 12.2. The molecule has 0 radical (unpaired) electrons. The Hall–Kier alpha value is -1.69. The molecule has 0 aliphatic heterocycles. The van der Waals surface area contributed by atoms with Crippen molar-refractivity contribution in [2.24, 2.45) is 0 Å². The summed E-state index contributed by atoms with van der Waals surface area (Å²) in [7, 11) is 0. The second-order valence-corrected chi connectivity index (χ2v) is 6.34.